The summed E-state index contributed by atoms with van der Waals surface area (Å²) in [6.07, 6.45) is 2.74. The molecular weight excluding hydrogens is 450 g/mol. The fraction of sp³-hybridized carbons (Fsp3) is 0.261. The summed E-state index contributed by atoms with van der Waals surface area (Å²) >= 11 is 13.0. The zero-order chi connectivity index (χ0) is 22.1. The van der Waals surface area contributed by atoms with E-state index in [0.717, 1.165) is 26.1 Å². The molecule has 32 heavy (non-hydrogen) atoms. The minimum Gasteiger partial charge on any atom is -0.350 e. The molecule has 0 radical (unpaired) electrons. The zero-order valence-corrected chi connectivity index (χ0v) is 18.7. The van der Waals surface area contributed by atoms with Gasteiger partial charge < -0.3 is 15.2 Å². The van der Waals surface area contributed by atoms with Crippen LogP contribution in [0.2, 0.25) is 10.0 Å². The summed E-state index contributed by atoms with van der Waals surface area (Å²) in [6.45, 7) is 2.93. The van der Waals surface area contributed by atoms with Gasteiger partial charge in [-0.15, -0.1) is 0 Å². The molecule has 9 heteroatoms. The monoisotopic (exact) mass is 470 g/mol. The number of aromatic nitrogens is 4. The minimum atomic E-state index is -0.268. The van der Waals surface area contributed by atoms with Gasteiger partial charge in [-0.3, -0.25) is 0 Å². The maximum atomic E-state index is 14.0. The van der Waals surface area contributed by atoms with E-state index in [1.54, 1.807) is 36.5 Å². The Morgan fingerprint density at radius 1 is 1.09 bits per heavy atom. The largest absolute Gasteiger partial charge is 0.350 e. The molecule has 1 saturated heterocycles. The molecule has 1 aliphatic heterocycles. The molecule has 0 spiro atoms. The Balaban J connectivity index is 1.55. The number of hydrogen-bond acceptors (Lipinski definition) is 5. The second-order valence-electron chi connectivity index (χ2n) is 7.85. The summed E-state index contributed by atoms with van der Waals surface area (Å²) in [5.74, 6) is 1.25. The summed E-state index contributed by atoms with van der Waals surface area (Å²) in [5.41, 5.74) is 2.57. The molecule has 4 aromatic rings. The number of anilines is 1. The van der Waals surface area contributed by atoms with Gasteiger partial charge >= 0.3 is 0 Å². The molecule has 1 aliphatic rings. The average molecular weight is 471 g/mol. The van der Waals surface area contributed by atoms with Crippen molar-refractivity contribution in [3.05, 3.63) is 70.1 Å². The Morgan fingerprint density at radius 3 is 2.66 bits per heavy atom. The first-order valence-electron chi connectivity index (χ1n) is 10.5. The van der Waals surface area contributed by atoms with Crippen LogP contribution in [0, 0.1) is 11.7 Å². The number of nitrogens with zero attached hydrogens (tertiary/aromatic N) is 4. The van der Waals surface area contributed by atoms with E-state index in [4.69, 9.17) is 33.2 Å². The maximum absolute atomic E-state index is 14.0. The molecule has 0 unspecified atom stereocenters. The summed E-state index contributed by atoms with van der Waals surface area (Å²) in [4.78, 5) is 13.9. The van der Waals surface area contributed by atoms with Gasteiger partial charge in [-0.05, 0) is 43.6 Å². The molecule has 1 fully saturated rings. The lowest BCUT2D eigenvalue weighted by molar-refractivity contribution is 0.490. The van der Waals surface area contributed by atoms with E-state index in [2.05, 4.69) is 20.2 Å². The maximum Gasteiger partial charge on any atom is 0.225 e. The van der Waals surface area contributed by atoms with Crippen molar-refractivity contribution in [3.8, 4) is 11.4 Å². The fourth-order valence-electron chi connectivity index (χ4n) is 4.02. The molecule has 1 atom stereocenters. The smallest absolute Gasteiger partial charge is 0.225 e. The summed E-state index contributed by atoms with van der Waals surface area (Å²) in [7, 11) is 0. The van der Waals surface area contributed by atoms with Gasteiger partial charge in [0.2, 0.25) is 5.95 Å². The van der Waals surface area contributed by atoms with Crippen molar-refractivity contribution in [1.82, 2.24) is 24.8 Å². The second kappa shape index (κ2) is 9.02. The lowest BCUT2D eigenvalue weighted by atomic mass is 10.1. The molecule has 0 amide bonds. The van der Waals surface area contributed by atoms with Crippen molar-refractivity contribution in [2.24, 2.45) is 5.92 Å². The van der Waals surface area contributed by atoms with Gasteiger partial charge in [-0.1, -0.05) is 47.5 Å². The molecule has 2 N–H and O–H groups in total. The molecule has 164 valence electrons. The van der Waals surface area contributed by atoms with Gasteiger partial charge in [-0.25, -0.2) is 14.4 Å². The highest BCUT2D eigenvalue weighted by Crippen LogP contribution is 2.36. The Morgan fingerprint density at radius 2 is 1.91 bits per heavy atom. The molecule has 0 aliphatic carbocycles. The number of fused-ring (bicyclic) bond motifs is 1. The van der Waals surface area contributed by atoms with Crippen LogP contribution < -0.4 is 10.6 Å². The van der Waals surface area contributed by atoms with E-state index in [-0.39, 0.29) is 12.4 Å². The number of nitrogens with one attached hydrogen (secondary N) is 2. The fourth-order valence-corrected chi connectivity index (χ4v) is 4.59. The quantitative estimate of drug-likeness (QED) is 0.407. The summed E-state index contributed by atoms with van der Waals surface area (Å²) in [5, 5.41) is 7.59. The van der Waals surface area contributed by atoms with Crippen LogP contribution in [0.3, 0.4) is 0 Å². The van der Waals surface area contributed by atoms with E-state index in [9.17, 15) is 4.39 Å². The third-order valence-corrected chi connectivity index (χ3v) is 6.30. The van der Waals surface area contributed by atoms with Gasteiger partial charge in [0.25, 0.3) is 0 Å². The Hall–Kier alpha value is -2.74. The SMILES string of the molecule is Fc1ccccc1CNc1ncc2nc(-c3c(Cl)cccc3Cl)n(C[C@H]3CCNC3)c2n1. The van der Waals surface area contributed by atoms with Crippen LogP contribution in [0.25, 0.3) is 22.6 Å². The number of halogens is 3. The zero-order valence-electron chi connectivity index (χ0n) is 17.2. The summed E-state index contributed by atoms with van der Waals surface area (Å²) in [6, 6.07) is 12.1. The van der Waals surface area contributed by atoms with E-state index < -0.39 is 0 Å². The van der Waals surface area contributed by atoms with Crippen molar-refractivity contribution < 1.29 is 4.39 Å². The lowest BCUT2D eigenvalue weighted by Crippen LogP contribution is -2.16. The average Bonchev–Trinajstić information content (AvgIpc) is 3.42. The lowest BCUT2D eigenvalue weighted by Gasteiger charge is -2.15. The van der Waals surface area contributed by atoms with E-state index in [1.165, 1.54) is 6.07 Å². The van der Waals surface area contributed by atoms with E-state index >= 15 is 0 Å². The van der Waals surface area contributed by atoms with Crippen LogP contribution in [0.4, 0.5) is 10.3 Å². The Kier molecular flexibility index (Phi) is 5.95. The number of hydrogen-bond donors (Lipinski definition) is 2. The van der Waals surface area contributed by atoms with Gasteiger partial charge in [0.15, 0.2) is 5.65 Å². The first kappa shape index (κ1) is 21.1. The highest BCUT2D eigenvalue weighted by Gasteiger charge is 2.23. The molecule has 5 rings (SSSR count). The van der Waals surface area contributed by atoms with Crippen molar-refractivity contribution in [3.63, 3.8) is 0 Å². The van der Waals surface area contributed by atoms with Crippen LogP contribution in [0.5, 0.6) is 0 Å². The number of benzene rings is 2. The van der Waals surface area contributed by atoms with Crippen LogP contribution in [0.1, 0.15) is 12.0 Å². The minimum absolute atomic E-state index is 0.268. The van der Waals surface area contributed by atoms with Crippen LogP contribution in [-0.2, 0) is 13.1 Å². The molecule has 6 nitrogen and oxygen atoms in total. The summed E-state index contributed by atoms with van der Waals surface area (Å²) < 4.78 is 16.0. The molecule has 2 aromatic carbocycles. The molecular formula is C23H21Cl2FN6. The molecule has 3 heterocycles. The Labute approximate surface area is 194 Å². The first-order valence-corrected chi connectivity index (χ1v) is 11.2. The predicted molar refractivity (Wildman–Crippen MR) is 125 cm³/mol. The van der Waals surface area contributed by atoms with Crippen LogP contribution >= 0.6 is 23.2 Å². The van der Waals surface area contributed by atoms with Gasteiger partial charge in [0, 0.05) is 18.7 Å². The highest BCUT2D eigenvalue weighted by molar-refractivity contribution is 6.39. The van der Waals surface area contributed by atoms with Gasteiger partial charge in [-0.2, -0.15) is 4.98 Å². The van der Waals surface area contributed by atoms with Crippen molar-refractivity contribution in [1.29, 1.82) is 0 Å². The first-order chi connectivity index (χ1) is 15.6. The molecule has 0 saturated carbocycles. The second-order valence-corrected chi connectivity index (χ2v) is 8.66. The molecule has 2 aromatic heterocycles. The van der Waals surface area contributed by atoms with E-state index in [0.29, 0.717) is 50.0 Å². The van der Waals surface area contributed by atoms with Gasteiger partial charge in [0.1, 0.15) is 17.2 Å². The van der Waals surface area contributed by atoms with Crippen molar-refractivity contribution in [2.45, 2.75) is 19.5 Å². The highest BCUT2D eigenvalue weighted by atomic mass is 35.5. The number of imidazole rings is 1. The van der Waals surface area contributed by atoms with Crippen molar-refractivity contribution in [2.75, 3.05) is 18.4 Å². The third-order valence-electron chi connectivity index (χ3n) is 5.67. The van der Waals surface area contributed by atoms with Crippen molar-refractivity contribution >= 4 is 40.3 Å². The normalized spacial score (nSPS) is 16.0. The standard InChI is InChI=1S/C23H21Cl2FN6/c24-16-5-3-6-17(25)20(16)22-30-19-12-29-23(28-11-15-4-1-2-7-18(15)26)31-21(19)32(22)13-14-8-9-27-10-14/h1-7,12,14,27H,8-11,13H2,(H,28,29,31)/t14-/m0/s1. The number of rotatable bonds is 6. The third kappa shape index (κ3) is 4.16. The van der Waals surface area contributed by atoms with Crippen LogP contribution in [-0.4, -0.2) is 32.6 Å². The predicted octanol–water partition coefficient (Wildman–Crippen LogP) is 5.16. The van der Waals surface area contributed by atoms with E-state index in [1.807, 2.05) is 6.07 Å². The Bertz CT molecular complexity index is 1250. The van der Waals surface area contributed by atoms with Crippen LogP contribution in [0.15, 0.2) is 48.7 Å². The molecule has 0 bridgehead atoms. The van der Waals surface area contributed by atoms with Gasteiger partial charge in [0.05, 0.1) is 21.8 Å². The topological polar surface area (TPSA) is 67.7 Å².